The van der Waals surface area contributed by atoms with Gasteiger partial charge in [-0.3, -0.25) is 4.98 Å². The summed E-state index contributed by atoms with van der Waals surface area (Å²) in [6, 6.07) is 16.0. The summed E-state index contributed by atoms with van der Waals surface area (Å²) in [5, 5.41) is 0.813. The van der Waals surface area contributed by atoms with Crippen molar-refractivity contribution in [3.05, 3.63) is 101 Å². The third-order valence-corrected chi connectivity index (χ3v) is 7.83. The summed E-state index contributed by atoms with van der Waals surface area (Å²) in [4.78, 5) is 8.22. The van der Waals surface area contributed by atoms with E-state index in [1.807, 2.05) is 36.0 Å². The molecule has 4 nitrogen and oxygen atoms in total. The molecule has 0 saturated heterocycles. The Hall–Kier alpha value is -2.83. The number of sulfone groups is 1. The molecule has 2 aliphatic rings. The standard InChI is InChI=1S/C23H18N2O2S2/c26-29(27,22-5-1-3-19-4-2-12-24-23(19)22)20-8-6-17(7-9-20)15-25-13-10-18-11-14-28-21(18)16-25/h1-13,16H,14-15H2. The van der Waals surface area contributed by atoms with Gasteiger partial charge in [0, 0.05) is 41.2 Å². The highest BCUT2D eigenvalue weighted by Crippen LogP contribution is 2.35. The summed E-state index contributed by atoms with van der Waals surface area (Å²) in [6.07, 6.45) is 10.2. The zero-order valence-corrected chi connectivity index (χ0v) is 17.2. The Bertz CT molecular complexity index is 1280. The Kier molecular flexibility index (Phi) is 4.53. The van der Waals surface area contributed by atoms with Crippen molar-refractivity contribution in [3.63, 3.8) is 0 Å². The topological polar surface area (TPSA) is 50.3 Å². The maximum absolute atomic E-state index is 13.2. The Morgan fingerprint density at radius 2 is 1.86 bits per heavy atom. The summed E-state index contributed by atoms with van der Waals surface area (Å²) in [7, 11) is -3.64. The quantitative estimate of drug-likeness (QED) is 0.602. The number of para-hydroxylation sites is 1. The van der Waals surface area contributed by atoms with Gasteiger partial charge in [0.25, 0.3) is 0 Å². The Balaban J connectivity index is 1.42. The van der Waals surface area contributed by atoms with Crippen LogP contribution in [-0.2, 0) is 16.4 Å². The van der Waals surface area contributed by atoms with Gasteiger partial charge in [-0.2, -0.15) is 0 Å². The molecule has 144 valence electrons. The zero-order chi connectivity index (χ0) is 19.8. The molecule has 29 heavy (non-hydrogen) atoms. The molecule has 0 N–H and O–H groups in total. The second-order valence-electron chi connectivity index (χ2n) is 6.93. The zero-order valence-electron chi connectivity index (χ0n) is 15.5. The van der Waals surface area contributed by atoms with Gasteiger partial charge in [0.05, 0.1) is 15.3 Å². The minimum absolute atomic E-state index is 0.240. The van der Waals surface area contributed by atoms with E-state index in [9.17, 15) is 8.42 Å². The molecule has 0 radical (unpaired) electrons. The first kappa shape index (κ1) is 18.2. The van der Waals surface area contributed by atoms with Crippen molar-refractivity contribution in [2.45, 2.75) is 16.3 Å². The van der Waals surface area contributed by atoms with Crippen molar-refractivity contribution in [2.75, 3.05) is 5.75 Å². The molecule has 5 rings (SSSR count). The van der Waals surface area contributed by atoms with E-state index >= 15 is 0 Å². The normalized spacial score (nSPS) is 15.9. The lowest BCUT2D eigenvalue weighted by atomic mass is 10.1. The maximum atomic E-state index is 13.2. The molecule has 0 saturated carbocycles. The second kappa shape index (κ2) is 7.21. The lowest BCUT2D eigenvalue weighted by molar-refractivity contribution is 0.496. The number of hydrogen-bond acceptors (Lipinski definition) is 5. The number of fused-ring (bicyclic) bond motifs is 2. The molecular weight excluding hydrogens is 400 g/mol. The van der Waals surface area contributed by atoms with E-state index in [4.69, 9.17) is 0 Å². The predicted molar refractivity (Wildman–Crippen MR) is 117 cm³/mol. The molecular formula is C23H18N2O2S2. The van der Waals surface area contributed by atoms with Gasteiger partial charge in [0.2, 0.25) is 9.84 Å². The lowest BCUT2D eigenvalue weighted by Crippen LogP contribution is -2.12. The number of allylic oxidation sites excluding steroid dienone is 2. The van der Waals surface area contributed by atoms with E-state index in [2.05, 4.69) is 34.4 Å². The SMILES string of the molecule is O=S(=O)(c1ccc(CN2C=CC3=CCSC3=C2)cc1)c1cccc2cccnc12. The molecule has 1 aromatic heterocycles. The van der Waals surface area contributed by atoms with Gasteiger partial charge in [-0.25, -0.2) is 8.42 Å². The third kappa shape index (κ3) is 3.39. The minimum atomic E-state index is -3.64. The van der Waals surface area contributed by atoms with Crippen LogP contribution in [0.5, 0.6) is 0 Å². The average molecular weight is 419 g/mol. The van der Waals surface area contributed by atoms with Crippen LogP contribution >= 0.6 is 11.8 Å². The molecule has 0 unspecified atom stereocenters. The van der Waals surface area contributed by atoms with E-state index in [0.29, 0.717) is 12.1 Å². The molecule has 0 aliphatic carbocycles. The molecule has 0 bridgehead atoms. The van der Waals surface area contributed by atoms with Gasteiger partial charge in [-0.05, 0) is 41.5 Å². The van der Waals surface area contributed by atoms with Gasteiger partial charge >= 0.3 is 0 Å². The average Bonchev–Trinajstić information content (AvgIpc) is 3.21. The number of thioether (sulfide) groups is 1. The van der Waals surface area contributed by atoms with Crippen LogP contribution in [0, 0.1) is 0 Å². The first-order chi connectivity index (χ1) is 14.1. The molecule has 6 heteroatoms. The van der Waals surface area contributed by atoms with E-state index in [-0.39, 0.29) is 9.79 Å². The van der Waals surface area contributed by atoms with Crippen LogP contribution in [0.25, 0.3) is 10.9 Å². The van der Waals surface area contributed by atoms with Crippen LogP contribution in [-0.4, -0.2) is 24.1 Å². The molecule has 2 aromatic carbocycles. The van der Waals surface area contributed by atoms with Crippen LogP contribution in [0.4, 0.5) is 0 Å². The van der Waals surface area contributed by atoms with Crippen molar-refractivity contribution in [2.24, 2.45) is 0 Å². The Labute approximate surface area is 174 Å². The van der Waals surface area contributed by atoms with Crippen LogP contribution in [0.1, 0.15) is 5.56 Å². The maximum Gasteiger partial charge on any atom is 0.208 e. The number of nitrogens with zero attached hydrogens (tertiary/aromatic N) is 2. The van der Waals surface area contributed by atoms with Crippen molar-refractivity contribution in [1.29, 1.82) is 0 Å². The van der Waals surface area contributed by atoms with Crippen LogP contribution in [0.2, 0.25) is 0 Å². The monoisotopic (exact) mass is 418 g/mol. The summed E-state index contributed by atoms with van der Waals surface area (Å²) in [5.74, 6) is 1.02. The highest BCUT2D eigenvalue weighted by atomic mass is 32.2. The van der Waals surface area contributed by atoms with E-state index in [1.165, 1.54) is 10.5 Å². The molecule has 0 spiro atoms. The van der Waals surface area contributed by atoms with Crippen molar-refractivity contribution >= 4 is 32.5 Å². The summed E-state index contributed by atoms with van der Waals surface area (Å²) in [6.45, 7) is 0.698. The molecule has 0 amide bonds. The van der Waals surface area contributed by atoms with Crippen LogP contribution in [0.15, 0.2) is 106 Å². The third-order valence-electron chi connectivity index (χ3n) is 5.04. The highest BCUT2D eigenvalue weighted by molar-refractivity contribution is 8.03. The summed E-state index contributed by atoms with van der Waals surface area (Å²) in [5.41, 5.74) is 2.84. The van der Waals surface area contributed by atoms with E-state index < -0.39 is 9.84 Å². The van der Waals surface area contributed by atoms with Gasteiger partial charge in [-0.15, -0.1) is 11.8 Å². The first-order valence-electron chi connectivity index (χ1n) is 9.28. The fourth-order valence-corrected chi connectivity index (χ4v) is 5.94. The van der Waals surface area contributed by atoms with Gasteiger partial charge in [0.1, 0.15) is 0 Å². The fraction of sp³-hybridized carbons (Fsp3) is 0.0870. The van der Waals surface area contributed by atoms with Gasteiger partial charge in [-0.1, -0.05) is 36.4 Å². The number of benzene rings is 2. The largest absolute Gasteiger partial charge is 0.349 e. The van der Waals surface area contributed by atoms with Crippen molar-refractivity contribution in [1.82, 2.24) is 9.88 Å². The number of hydrogen-bond donors (Lipinski definition) is 0. The van der Waals surface area contributed by atoms with Crippen molar-refractivity contribution < 1.29 is 8.42 Å². The lowest BCUT2D eigenvalue weighted by Gasteiger charge is -2.21. The van der Waals surface area contributed by atoms with Gasteiger partial charge < -0.3 is 4.90 Å². The molecule has 2 aliphatic heterocycles. The smallest absolute Gasteiger partial charge is 0.208 e. The van der Waals surface area contributed by atoms with E-state index in [1.54, 1.807) is 36.5 Å². The highest BCUT2D eigenvalue weighted by Gasteiger charge is 2.21. The number of rotatable bonds is 4. The minimum Gasteiger partial charge on any atom is -0.349 e. The predicted octanol–water partition coefficient (Wildman–Crippen LogP) is 4.91. The number of aromatic nitrogens is 1. The fourth-order valence-electron chi connectivity index (χ4n) is 3.54. The van der Waals surface area contributed by atoms with Crippen LogP contribution in [0.3, 0.4) is 0 Å². The molecule has 0 atom stereocenters. The second-order valence-corrected chi connectivity index (χ2v) is 9.91. The summed E-state index contributed by atoms with van der Waals surface area (Å²) < 4.78 is 26.4. The summed E-state index contributed by atoms with van der Waals surface area (Å²) >= 11 is 1.84. The van der Waals surface area contributed by atoms with Crippen molar-refractivity contribution in [3.8, 4) is 0 Å². The molecule has 0 fully saturated rings. The van der Waals surface area contributed by atoms with Crippen LogP contribution < -0.4 is 0 Å². The molecule has 3 aromatic rings. The Morgan fingerprint density at radius 3 is 2.72 bits per heavy atom. The first-order valence-corrected chi connectivity index (χ1v) is 11.7. The van der Waals surface area contributed by atoms with Gasteiger partial charge in [0.15, 0.2) is 0 Å². The molecule has 3 heterocycles. The van der Waals surface area contributed by atoms with E-state index in [0.717, 1.165) is 16.7 Å². The Morgan fingerprint density at radius 1 is 1.03 bits per heavy atom. The number of pyridine rings is 1.